The summed E-state index contributed by atoms with van der Waals surface area (Å²) in [7, 11) is 0. The van der Waals surface area contributed by atoms with E-state index in [1.165, 1.54) is 19.3 Å². The highest BCUT2D eigenvalue weighted by Crippen LogP contribution is 2.39. The summed E-state index contributed by atoms with van der Waals surface area (Å²) in [5.41, 5.74) is 1.54. The SMILES string of the molecule is CCONC1=NCNC2C1N=CN2[C@@H]1O[C@H]([C@](C)(O)c2ccc(Cl)c(Cl)c2)[C@@H](O)[C@H]1O. The van der Waals surface area contributed by atoms with Crippen LogP contribution in [0.3, 0.4) is 0 Å². The van der Waals surface area contributed by atoms with Gasteiger partial charge in [0.05, 0.1) is 29.7 Å². The maximum absolute atomic E-state index is 11.2. The number of aliphatic imine (C=N–C) groups is 2. The molecule has 4 rings (SSSR count). The molecule has 0 bridgehead atoms. The van der Waals surface area contributed by atoms with Crippen molar-refractivity contribution in [2.75, 3.05) is 13.3 Å². The number of benzene rings is 1. The van der Waals surface area contributed by atoms with Crippen LogP contribution in [0, 0.1) is 0 Å². The maximum Gasteiger partial charge on any atom is 0.161 e. The van der Waals surface area contributed by atoms with Crippen LogP contribution in [0.2, 0.25) is 10.0 Å². The summed E-state index contributed by atoms with van der Waals surface area (Å²) < 4.78 is 6.00. The lowest BCUT2D eigenvalue weighted by Gasteiger charge is -2.36. The molecule has 1 saturated heterocycles. The van der Waals surface area contributed by atoms with E-state index >= 15 is 0 Å². The Morgan fingerprint density at radius 2 is 2.10 bits per heavy atom. The highest BCUT2D eigenvalue weighted by molar-refractivity contribution is 6.42. The molecule has 1 aromatic rings. The first-order chi connectivity index (χ1) is 14.8. The van der Waals surface area contributed by atoms with Crippen molar-refractivity contribution in [3.63, 3.8) is 0 Å². The first-order valence-electron chi connectivity index (χ1n) is 9.91. The molecule has 12 heteroatoms. The molecule has 170 valence electrons. The van der Waals surface area contributed by atoms with Gasteiger partial charge in [0.1, 0.15) is 36.1 Å². The minimum absolute atomic E-state index is 0.263. The molecule has 0 aromatic heterocycles. The monoisotopic (exact) mass is 473 g/mol. The minimum Gasteiger partial charge on any atom is -0.387 e. The normalized spacial score (nSPS) is 34.4. The Bertz CT molecular complexity index is 885. The van der Waals surface area contributed by atoms with Crippen molar-refractivity contribution in [3.05, 3.63) is 33.8 Å². The quantitative estimate of drug-likeness (QED) is 0.383. The summed E-state index contributed by atoms with van der Waals surface area (Å²) in [6.07, 6.45) is -3.58. The number of fused-ring (bicyclic) bond motifs is 1. The molecule has 31 heavy (non-hydrogen) atoms. The van der Waals surface area contributed by atoms with Crippen LogP contribution < -0.4 is 10.8 Å². The van der Waals surface area contributed by atoms with Gasteiger partial charge in [-0.2, -0.15) is 0 Å². The number of rotatable bonds is 5. The smallest absolute Gasteiger partial charge is 0.161 e. The molecule has 0 radical (unpaired) electrons. The lowest BCUT2D eigenvalue weighted by Crippen LogP contribution is -2.60. The average molecular weight is 474 g/mol. The molecular formula is C19H25Cl2N5O5. The first-order valence-corrected chi connectivity index (χ1v) is 10.7. The molecule has 1 fully saturated rings. The second kappa shape index (κ2) is 8.80. The van der Waals surface area contributed by atoms with Gasteiger partial charge >= 0.3 is 0 Å². The lowest BCUT2D eigenvalue weighted by atomic mass is 9.87. The summed E-state index contributed by atoms with van der Waals surface area (Å²) in [6, 6.07) is 4.27. The molecule has 0 saturated carbocycles. The fourth-order valence-electron chi connectivity index (χ4n) is 4.03. The van der Waals surface area contributed by atoms with Crippen LogP contribution >= 0.6 is 23.2 Å². The topological polar surface area (TPSA) is 131 Å². The van der Waals surface area contributed by atoms with E-state index in [-0.39, 0.29) is 11.2 Å². The predicted molar refractivity (Wildman–Crippen MR) is 115 cm³/mol. The number of aliphatic hydroxyl groups is 3. The summed E-state index contributed by atoms with van der Waals surface area (Å²) in [6.45, 7) is 4.11. The second-order valence-electron chi connectivity index (χ2n) is 7.75. The van der Waals surface area contributed by atoms with E-state index in [1.807, 2.05) is 6.92 Å². The van der Waals surface area contributed by atoms with E-state index in [0.717, 1.165) is 0 Å². The van der Waals surface area contributed by atoms with Crippen LogP contribution in [0.1, 0.15) is 19.4 Å². The van der Waals surface area contributed by atoms with E-state index < -0.39 is 36.2 Å². The van der Waals surface area contributed by atoms with Crippen LogP contribution in [0.25, 0.3) is 0 Å². The van der Waals surface area contributed by atoms with Gasteiger partial charge in [-0.05, 0) is 31.5 Å². The molecule has 3 aliphatic rings. The largest absolute Gasteiger partial charge is 0.387 e. The molecule has 7 atom stereocenters. The van der Waals surface area contributed by atoms with E-state index in [4.69, 9.17) is 32.8 Å². The van der Waals surface area contributed by atoms with Crippen LogP contribution in [-0.4, -0.2) is 82.4 Å². The summed E-state index contributed by atoms with van der Waals surface area (Å²) in [5, 5.41) is 36.5. The Hall–Kier alpha value is -1.50. The van der Waals surface area contributed by atoms with Gasteiger partial charge in [-0.15, -0.1) is 0 Å². The van der Waals surface area contributed by atoms with Gasteiger partial charge in [-0.1, -0.05) is 29.3 Å². The Kier molecular flexibility index (Phi) is 6.44. The van der Waals surface area contributed by atoms with Gasteiger partial charge in [0.15, 0.2) is 12.1 Å². The summed E-state index contributed by atoms with van der Waals surface area (Å²) >= 11 is 12.1. The number of nitrogens with zero attached hydrogens (tertiary/aromatic N) is 3. The number of ether oxygens (including phenoxy) is 1. The van der Waals surface area contributed by atoms with E-state index in [2.05, 4.69) is 20.8 Å². The van der Waals surface area contributed by atoms with Crippen LogP contribution in [0.15, 0.2) is 28.2 Å². The zero-order chi connectivity index (χ0) is 22.3. The third kappa shape index (κ3) is 4.03. The number of nitrogens with one attached hydrogen (secondary N) is 2. The molecule has 0 spiro atoms. The zero-order valence-corrected chi connectivity index (χ0v) is 18.5. The fourth-order valence-corrected chi connectivity index (χ4v) is 4.33. The second-order valence-corrected chi connectivity index (χ2v) is 8.56. The van der Waals surface area contributed by atoms with Gasteiger partial charge in [-0.25, -0.2) is 0 Å². The maximum atomic E-state index is 11.2. The van der Waals surface area contributed by atoms with Crippen LogP contribution in [0.4, 0.5) is 0 Å². The number of hydrogen-bond donors (Lipinski definition) is 5. The number of amidine groups is 1. The van der Waals surface area contributed by atoms with Gasteiger partial charge in [0.2, 0.25) is 0 Å². The van der Waals surface area contributed by atoms with E-state index in [9.17, 15) is 15.3 Å². The minimum atomic E-state index is -1.65. The summed E-state index contributed by atoms with van der Waals surface area (Å²) in [5.74, 6) is 0.553. The lowest BCUT2D eigenvalue weighted by molar-refractivity contribution is -0.145. The molecule has 10 nitrogen and oxygen atoms in total. The number of hydrogen-bond acceptors (Lipinski definition) is 10. The van der Waals surface area contributed by atoms with Crippen molar-refractivity contribution in [2.45, 2.75) is 56.2 Å². The Morgan fingerprint density at radius 3 is 2.81 bits per heavy atom. The third-order valence-corrected chi connectivity index (χ3v) is 6.46. The standard InChI is InChI=1S/C19H25Cl2N5O5/c1-3-30-25-16-12-17(23-7-22-16)26(8-24-12)18-14(28)13(27)15(31-18)19(2,29)9-4-5-10(20)11(21)6-9/h4-6,8,12-15,17-18,23,27-29H,3,7H2,1-2H3,(H,22,25)/t12?,13-,14+,15-,17?,18+,19+/m0/s1. The molecule has 3 aliphatic heterocycles. The predicted octanol–water partition coefficient (Wildman–Crippen LogP) is 0.187. The van der Waals surface area contributed by atoms with Gasteiger partial charge in [0.25, 0.3) is 0 Å². The zero-order valence-electron chi connectivity index (χ0n) is 16.9. The fraction of sp³-hybridized carbons (Fsp3) is 0.579. The molecule has 5 N–H and O–H groups in total. The van der Waals surface area contributed by atoms with Gasteiger partial charge in [0, 0.05) is 0 Å². The van der Waals surface area contributed by atoms with Crippen molar-refractivity contribution in [1.29, 1.82) is 0 Å². The molecule has 0 aliphatic carbocycles. The van der Waals surface area contributed by atoms with Gasteiger partial charge < -0.3 is 25.0 Å². The molecule has 0 amide bonds. The first kappa shape index (κ1) is 22.7. The Labute approximate surface area is 189 Å². The molecule has 2 unspecified atom stereocenters. The number of halogens is 2. The Morgan fingerprint density at radius 1 is 1.32 bits per heavy atom. The van der Waals surface area contributed by atoms with Crippen molar-refractivity contribution in [1.82, 2.24) is 15.7 Å². The van der Waals surface area contributed by atoms with Crippen molar-refractivity contribution >= 4 is 35.4 Å². The van der Waals surface area contributed by atoms with E-state index in [1.54, 1.807) is 17.0 Å². The number of aliphatic hydroxyl groups excluding tert-OH is 2. The summed E-state index contributed by atoms with van der Waals surface area (Å²) in [4.78, 5) is 15.7. The highest BCUT2D eigenvalue weighted by Gasteiger charge is 2.55. The average Bonchev–Trinajstić information content (AvgIpc) is 3.30. The van der Waals surface area contributed by atoms with Crippen molar-refractivity contribution < 1.29 is 24.9 Å². The van der Waals surface area contributed by atoms with Crippen LogP contribution in [0.5, 0.6) is 0 Å². The molecule has 3 heterocycles. The Balaban J connectivity index is 1.53. The molecule has 1 aromatic carbocycles. The van der Waals surface area contributed by atoms with E-state index in [0.29, 0.717) is 29.7 Å². The highest BCUT2D eigenvalue weighted by atomic mass is 35.5. The van der Waals surface area contributed by atoms with Crippen LogP contribution in [-0.2, 0) is 15.2 Å². The van der Waals surface area contributed by atoms with Crippen molar-refractivity contribution in [3.8, 4) is 0 Å². The third-order valence-electron chi connectivity index (χ3n) is 5.72. The number of hydroxylamine groups is 1. The molecular weight excluding hydrogens is 449 g/mol. The van der Waals surface area contributed by atoms with Gasteiger partial charge in [-0.3, -0.25) is 25.6 Å². The van der Waals surface area contributed by atoms with Crippen molar-refractivity contribution in [2.24, 2.45) is 9.98 Å².